The van der Waals surface area contributed by atoms with Crippen molar-refractivity contribution in [2.45, 2.75) is 0 Å². The number of aromatic nitrogens is 2. The molecule has 0 fully saturated rings. The van der Waals surface area contributed by atoms with Crippen molar-refractivity contribution in [1.82, 2.24) is 9.38 Å². The van der Waals surface area contributed by atoms with Crippen LogP contribution in [0.2, 0.25) is 5.22 Å². The SMILES string of the molecule is Oc1ccc2cnc(-c3ccc(Cl)o3)n2c1. The van der Waals surface area contributed by atoms with Gasteiger partial charge in [0.05, 0.1) is 17.9 Å². The zero-order chi connectivity index (χ0) is 11.1. The van der Waals surface area contributed by atoms with E-state index in [2.05, 4.69) is 4.98 Å². The molecule has 0 saturated carbocycles. The van der Waals surface area contributed by atoms with E-state index in [1.54, 1.807) is 41.1 Å². The van der Waals surface area contributed by atoms with E-state index >= 15 is 0 Å². The molecule has 0 atom stereocenters. The number of rotatable bonds is 1. The lowest BCUT2D eigenvalue weighted by molar-refractivity contribution is 0.472. The molecular weight excluding hydrogens is 228 g/mol. The van der Waals surface area contributed by atoms with Crippen molar-refractivity contribution in [2.75, 3.05) is 0 Å². The summed E-state index contributed by atoms with van der Waals surface area (Å²) in [6.45, 7) is 0. The molecular formula is C11H7ClN2O2. The Labute approximate surface area is 95.7 Å². The van der Waals surface area contributed by atoms with Crippen LogP contribution in [-0.2, 0) is 0 Å². The minimum Gasteiger partial charge on any atom is -0.506 e. The van der Waals surface area contributed by atoms with E-state index in [1.165, 1.54) is 0 Å². The van der Waals surface area contributed by atoms with E-state index in [0.29, 0.717) is 16.8 Å². The number of aromatic hydroxyl groups is 1. The van der Waals surface area contributed by atoms with Gasteiger partial charge in [0.15, 0.2) is 16.8 Å². The van der Waals surface area contributed by atoms with Crippen molar-refractivity contribution in [3.63, 3.8) is 0 Å². The number of hydrogen-bond donors (Lipinski definition) is 1. The quantitative estimate of drug-likeness (QED) is 0.704. The monoisotopic (exact) mass is 234 g/mol. The first-order valence-corrected chi connectivity index (χ1v) is 5.03. The van der Waals surface area contributed by atoms with Crippen molar-refractivity contribution >= 4 is 17.1 Å². The van der Waals surface area contributed by atoms with Crippen molar-refractivity contribution in [2.24, 2.45) is 0 Å². The Balaban J connectivity index is 2.27. The molecule has 0 aliphatic heterocycles. The molecule has 0 aromatic carbocycles. The average Bonchev–Trinajstić information content (AvgIpc) is 2.83. The molecule has 80 valence electrons. The fourth-order valence-corrected chi connectivity index (χ4v) is 1.74. The summed E-state index contributed by atoms with van der Waals surface area (Å²) in [7, 11) is 0. The maximum absolute atomic E-state index is 9.42. The van der Waals surface area contributed by atoms with Crippen LogP contribution < -0.4 is 0 Å². The molecule has 0 spiro atoms. The Morgan fingerprint density at radius 1 is 1.25 bits per heavy atom. The molecule has 1 N–H and O–H groups in total. The van der Waals surface area contributed by atoms with Gasteiger partial charge in [0.2, 0.25) is 0 Å². The van der Waals surface area contributed by atoms with Crippen LogP contribution in [-0.4, -0.2) is 14.5 Å². The Morgan fingerprint density at radius 3 is 2.88 bits per heavy atom. The standard InChI is InChI=1S/C11H7ClN2O2/c12-10-4-3-9(16-10)11-13-5-7-1-2-8(15)6-14(7)11/h1-6,15H. The number of nitrogens with zero attached hydrogens (tertiary/aromatic N) is 2. The van der Waals surface area contributed by atoms with Gasteiger partial charge in [0, 0.05) is 0 Å². The summed E-state index contributed by atoms with van der Waals surface area (Å²) in [5.74, 6) is 1.35. The van der Waals surface area contributed by atoms with E-state index in [1.807, 2.05) is 0 Å². The molecule has 5 heteroatoms. The van der Waals surface area contributed by atoms with Crippen molar-refractivity contribution < 1.29 is 9.52 Å². The number of furan rings is 1. The van der Waals surface area contributed by atoms with Crippen LogP contribution in [0.3, 0.4) is 0 Å². The summed E-state index contributed by atoms with van der Waals surface area (Å²) in [5, 5.41) is 9.73. The van der Waals surface area contributed by atoms with Crippen LogP contribution in [0.1, 0.15) is 0 Å². The van der Waals surface area contributed by atoms with Gasteiger partial charge in [-0.25, -0.2) is 4.98 Å². The normalized spacial score (nSPS) is 11.1. The first-order chi connectivity index (χ1) is 7.74. The molecule has 0 aliphatic rings. The summed E-state index contributed by atoms with van der Waals surface area (Å²) >= 11 is 5.71. The number of imidazole rings is 1. The molecule has 0 unspecified atom stereocenters. The first kappa shape index (κ1) is 9.30. The molecule has 0 aliphatic carbocycles. The highest BCUT2D eigenvalue weighted by atomic mass is 35.5. The third-order valence-electron chi connectivity index (χ3n) is 2.31. The van der Waals surface area contributed by atoms with E-state index in [9.17, 15) is 5.11 Å². The van der Waals surface area contributed by atoms with Gasteiger partial charge in [-0.05, 0) is 35.9 Å². The Morgan fingerprint density at radius 2 is 2.12 bits per heavy atom. The third-order valence-corrected chi connectivity index (χ3v) is 2.51. The maximum atomic E-state index is 9.42. The lowest BCUT2D eigenvalue weighted by Gasteiger charge is -1.98. The second kappa shape index (κ2) is 3.28. The van der Waals surface area contributed by atoms with Gasteiger partial charge in [-0.3, -0.25) is 4.40 Å². The van der Waals surface area contributed by atoms with Crippen LogP contribution >= 0.6 is 11.6 Å². The molecule has 16 heavy (non-hydrogen) atoms. The van der Waals surface area contributed by atoms with Gasteiger partial charge < -0.3 is 9.52 Å². The van der Waals surface area contributed by atoms with Crippen molar-refractivity contribution in [3.8, 4) is 17.3 Å². The molecule has 0 amide bonds. The molecule has 3 rings (SSSR count). The lowest BCUT2D eigenvalue weighted by atomic mass is 10.4. The molecule has 3 aromatic heterocycles. The van der Waals surface area contributed by atoms with Gasteiger partial charge in [-0.15, -0.1) is 0 Å². The number of hydrogen-bond acceptors (Lipinski definition) is 3. The first-order valence-electron chi connectivity index (χ1n) is 4.66. The van der Waals surface area contributed by atoms with Gasteiger partial charge >= 0.3 is 0 Å². The summed E-state index contributed by atoms with van der Waals surface area (Å²) in [4.78, 5) is 4.22. The zero-order valence-corrected chi connectivity index (χ0v) is 8.85. The minimum absolute atomic E-state index is 0.171. The average molecular weight is 235 g/mol. The highest BCUT2D eigenvalue weighted by Crippen LogP contribution is 2.25. The molecule has 4 nitrogen and oxygen atoms in total. The Kier molecular flexibility index (Phi) is 1.91. The fourth-order valence-electron chi connectivity index (χ4n) is 1.60. The molecule has 0 radical (unpaired) electrons. The Hall–Kier alpha value is -1.94. The summed E-state index contributed by atoms with van der Waals surface area (Å²) < 4.78 is 7.02. The van der Waals surface area contributed by atoms with E-state index < -0.39 is 0 Å². The largest absolute Gasteiger partial charge is 0.506 e. The molecule has 3 aromatic rings. The van der Waals surface area contributed by atoms with Crippen molar-refractivity contribution in [3.05, 3.63) is 41.9 Å². The predicted octanol–water partition coefficient (Wildman–Crippen LogP) is 2.95. The van der Waals surface area contributed by atoms with Gasteiger partial charge in [-0.2, -0.15) is 0 Å². The smallest absolute Gasteiger partial charge is 0.194 e. The topological polar surface area (TPSA) is 50.7 Å². The molecule has 0 saturated heterocycles. The van der Waals surface area contributed by atoms with E-state index in [-0.39, 0.29) is 5.75 Å². The number of halogens is 1. The molecule has 3 heterocycles. The number of pyridine rings is 1. The highest BCUT2D eigenvalue weighted by molar-refractivity contribution is 6.28. The zero-order valence-electron chi connectivity index (χ0n) is 8.09. The lowest BCUT2D eigenvalue weighted by Crippen LogP contribution is -1.86. The summed E-state index contributed by atoms with van der Waals surface area (Å²) in [6, 6.07) is 6.77. The van der Waals surface area contributed by atoms with Crippen molar-refractivity contribution in [1.29, 1.82) is 0 Å². The summed E-state index contributed by atoms with van der Waals surface area (Å²) in [5.41, 5.74) is 0.875. The predicted molar refractivity (Wildman–Crippen MR) is 59.6 cm³/mol. The summed E-state index contributed by atoms with van der Waals surface area (Å²) in [6.07, 6.45) is 3.28. The Bertz CT molecular complexity index is 657. The van der Waals surface area contributed by atoms with Crippen LogP contribution in [0.5, 0.6) is 5.75 Å². The van der Waals surface area contributed by atoms with Crippen LogP contribution in [0.15, 0.2) is 41.1 Å². The van der Waals surface area contributed by atoms with Crippen LogP contribution in [0.25, 0.3) is 17.1 Å². The highest BCUT2D eigenvalue weighted by Gasteiger charge is 2.10. The van der Waals surface area contributed by atoms with E-state index in [0.717, 1.165) is 5.52 Å². The minimum atomic E-state index is 0.171. The van der Waals surface area contributed by atoms with Crippen LogP contribution in [0, 0.1) is 0 Å². The fraction of sp³-hybridized carbons (Fsp3) is 0. The van der Waals surface area contributed by atoms with Gasteiger partial charge in [-0.1, -0.05) is 0 Å². The second-order valence-electron chi connectivity index (χ2n) is 3.37. The third kappa shape index (κ3) is 1.35. The number of fused-ring (bicyclic) bond motifs is 1. The van der Waals surface area contributed by atoms with Crippen LogP contribution in [0.4, 0.5) is 0 Å². The maximum Gasteiger partial charge on any atom is 0.194 e. The second-order valence-corrected chi connectivity index (χ2v) is 3.74. The molecule has 0 bridgehead atoms. The van der Waals surface area contributed by atoms with E-state index in [4.69, 9.17) is 16.0 Å². The van der Waals surface area contributed by atoms with Gasteiger partial charge in [0.25, 0.3) is 0 Å². The van der Waals surface area contributed by atoms with Gasteiger partial charge in [0.1, 0.15) is 5.75 Å².